The molecule has 15 nitrogen and oxygen atoms in total. The summed E-state index contributed by atoms with van der Waals surface area (Å²) in [6, 6.07) is 0. The van der Waals surface area contributed by atoms with Crippen LogP contribution in [0.15, 0.2) is 48.6 Å². The number of ether oxygens (including phenoxy) is 6. The quantitative estimate of drug-likeness (QED) is 0.0642. The van der Waals surface area contributed by atoms with Gasteiger partial charge in [-0.15, -0.1) is 0 Å². The van der Waals surface area contributed by atoms with Crippen LogP contribution < -0.4 is 0 Å². The molecule has 0 aromatic rings. The Hall–Kier alpha value is -2.54. The average molecular weight is 689 g/mol. The van der Waals surface area contributed by atoms with Crippen molar-refractivity contribution in [3.05, 3.63) is 48.6 Å². The van der Waals surface area contributed by atoms with Crippen LogP contribution >= 0.6 is 0 Å². The summed E-state index contributed by atoms with van der Waals surface area (Å²) in [6.07, 6.45) is 3.25. The molecule has 2 heterocycles. The van der Waals surface area contributed by atoms with E-state index < -0.39 is 99.3 Å². The minimum Gasteiger partial charge on any atom is -0.462 e. The van der Waals surface area contributed by atoms with Crippen molar-refractivity contribution < 1.29 is 73.8 Å². The third kappa shape index (κ3) is 14.5. The van der Waals surface area contributed by atoms with E-state index in [-0.39, 0.29) is 13.0 Å². The van der Waals surface area contributed by atoms with Crippen molar-refractivity contribution >= 4 is 11.9 Å². The molecule has 274 valence electrons. The van der Waals surface area contributed by atoms with Gasteiger partial charge in [-0.1, -0.05) is 55.5 Å². The van der Waals surface area contributed by atoms with E-state index in [0.717, 1.165) is 19.3 Å². The third-order valence-electron chi connectivity index (χ3n) is 7.39. The summed E-state index contributed by atoms with van der Waals surface area (Å²) in [5.74, 6) is -1.22. The number of carbonyl (C=O) groups excluding carboxylic acids is 2. The standard InChI is InChI=1S/C33H52O15/c1-3-4-5-6-7-8-9-10-11-12-13-14-15-16-25(36)46-22(18-43-21(2)35)19-44-32-31(42)29(40)27(38)24(48-32)20-45-33-30(41)28(39)26(37)23(17-34)47-33/h4-5,7-8,10-11,13-14,22-24,26-34,37-42H,3,6,9,12,15-20H2,1-2H3/b5-4-,8-7-,11-10-,14-13-. The number of carbonyl (C=O) groups is 2. The van der Waals surface area contributed by atoms with Gasteiger partial charge in [0.15, 0.2) is 18.7 Å². The van der Waals surface area contributed by atoms with Gasteiger partial charge in [0.25, 0.3) is 0 Å². The van der Waals surface area contributed by atoms with Gasteiger partial charge in [-0.25, -0.2) is 0 Å². The molecule has 48 heavy (non-hydrogen) atoms. The summed E-state index contributed by atoms with van der Waals surface area (Å²) in [5.41, 5.74) is 0. The zero-order valence-electron chi connectivity index (χ0n) is 27.4. The Kier molecular flexibility index (Phi) is 19.9. The van der Waals surface area contributed by atoms with Crippen LogP contribution in [0.3, 0.4) is 0 Å². The Bertz CT molecular complexity index is 1040. The molecule has 2 fully saturated rings. The van der Waals surface area contributed by atoms with Crippen LogP contribution in [0.25, 0.3) is 0 Å². The first-order valence-electron chi connectivity index (χ1n) is 16.2. The molecule has 2 rings (SSSR count). The lowest BCUT2D eigenvalue weighted by Gasteiger charge is -2.42. The second-order valence-electron chi connectivity index (χ2n) is 11.3. The molecule has 2 aliphatic rings. The molecule has 0 amide bonds. The first-order valence-corrected chi connectivity index (χ1v) is 16.2. The Balaban J connectivity index is 1.85. The van der Waals surface area contributed by atoms with E-state index in [1.807, 2.05) is 18.2 Å². The van der Waals surface area contributed by atoms with Crippen molar-refractivity contribution in [1.29, 1.82) is 0 Å². The van der Waals surface area contributed by atoms with Crippen LogP contribution in [0.5, 0.6) is 0 Å². The van der Waals surface area contributed by atoms with Gasteiger partial charge >= 0.3 is 11.9 Å². The normalized spacial score (nSPS) is 32.0. The van der Waals surface area contributed by atoms with Crippen LogP contribution in [0.2, 0.25) is 0 Å². The lowest BCUT2D eigenvalue weighted by atomic mass is 9.98. The predicted molar refractivity (Wildman–Crippen MR) is 169 cm³/mol. The number of hydrogen-bond acceptors (Lipinski definition) is 15. The highest BCUT2D eigenvalue weighted by Gasteiger charge is 2.47. The molecular weight excluding hydrogens is 636 g/mol. The van der Waals surface area contributed by atoms with Gasteiger partial charge in [-0.2, -0.15) is 0 Å². The minimum absolute atomic E-state index is 0.0373. The summed E-state index contributed by atoms with van der Waals surface area (Å²) >= 11 is 0. The first kappa shape index (κ1) is 41.6. The second kappa shape index (κ2) is 23.0. The molecule has 0 bridgehead atoms. The summed E-state index contributed by atoms with van der Waals surface area (Å²) in [4.78, 5) is 23.9. The Morgan fingerprint density at radius 1 is 0.688 bits per heavy atom. The lowest BCUT2D eigenvalue weighted by Crippen LogP contribution is -2.61. The van der Waals surface area contributed by atoms with Crippen LogP contribution in [0, 0.1) is 0 Å². The molecule has 0 aromatic heterocycles. The number of rotatable bonds is 20. The van der Waals surface area contributed by atoms with Gasteiger partial charge in [-0.05, 0) is 32.1 Å². The zero-order valence-corrected chi connectivity index (χ0v) is 27.4. The smallest absolute Gasteiger partial charge is 0.306 e. The fourth-order valence-corrected chi connectivity index (χ4v) is 4.66. The SMILES string of the molecule is CC/C=C\C/C=C\C/C=C\C/C=C\CCC(=O)OC(COC(C)=O)COC1OC(COC2OC(CO)C(O)C(O)C2O)C(O)C(O)C1O. The molecule has 0 radical (unpaired) electrons. The molecule has 2 aliphatic heterocycles. The molecular formula is C33H52O15. The topological polar surface area (TPSA) is 231 Å². The minimum atomic E-state index is -1.77. The summed E-state index contributed by atoms with van der Waals surface area (Å²) in [6.45, 7) is 1.26. The van der Waals surface area contributed by atoms with Crippen molar-refractivity contribution in [1.82, 2.24) is 0 Å². The van der Waals surface area contributed by atoms with Gasteiger partial charge in [0, 0.05) is 13.3 Å². The number of hydrogen-bond donors (Lipinski definition) is 7. The Morgan fingerprint density at radius 2 is 1.21 bits per heavy atom. The molecule has 15 heteroatoms. The monoisotopic (exact) mass is 688 g/mol. The number of aliphatic hydroxyl groups excluding tert-OH is 7. The molecule has 0 spiro atoms. The Morgan fingerprint density at radius 3 is 1.77 bits per heavy atom. The van der Waals surface area contributed by atoms with E-state index in [9.17, 15) is 45.3 Å². The average Bonchev–Trinajstić information content (AvgIpc) is 3.06. The molecule has 0 saturated carbocycles. The van der Waals surface area contributed by atoms with E-state index in [4.69, 9.17) is 28.4 Å². The Labute approximate surface area is 280 Å². The van der Waals surface area contributed by atoms with E-state index in [1.165, 1.54) is 6.92 Å². The lowest BCUT2D eigenvalue weighted by molar-refractivity contribution is -0.332. The van der Waals surface area contributed by atoms with Gasteiger partial charge in [0.05, 0.1) is 19.8 Å². The highest BCUT2D eigenvalue weighted by Crippen LogP contribution is 2.26. The third-order valence-corrected chi connectivity index (χ3v) is 7.39. The number of aliphatic hydroxyl groups is 7. The fraction of sp³-hybridized carbons (Fsp3) is 0.697. The van der Waals surface area contributed by atoms with Gasteiger partial charge in [-0.3, -0.25) is 9.59 Å². The van der Waals surface area contributed by atoms with Gasteiger partial charge < -0.3 is 64.2 Å². The van der Waals surface area contributed by atoms with E-state index in [2.05, 4.69) is 37.3 Å². The van der Waals surface area contributed by atoms with E-state index >= 15 is 0 Å². The van der Waals surface area contributed by atoms with E-state index in [1.54, 1.807) is 0 Å². The molecule has 0 aromatic carbocycles. The van der Waals surface area contributed by atoms with Crippen molar-refractivity contribution in [3.63, 3.8) is 0 Å². The van der Waals surface area contributed by atoms with Crippen LogP contribution in [0.1, 0.15) is 52.4 Å². The highest BCUT2D eigenvalue weighted by molar-refractivity contribution is 5.70. The van der Waals surface area contributed by atoms with Crippen LogP contribution in [-0.2, 0) is 38.0 Å². The van der Waals surface area contributed by atoms with Crippen molar-refractivity contribution in [2.45, 2.75) is 120 Å². The molecule has 11 unspecified atom stereocenters. The number of allylic oxidation sites excluding steroid dienone is 8. The second-order valence-corrected chi connectivity index (χ2v) is 11.3. The zero-order chi connectivity index (χ0) is 35.5. The summed E-state index contributed by atoms with van der Waals surface area (Å²) in [7, 11) is 0. The largest absolute Gasteiger partial charge is 0.462 e. The van der Waals surface area contributed by atoms with E-state index in [0.29, 0.717) is 12.8 Å². The fourth-order valence-electron chi connectivity index (χ4n) is 4.66. The van der Waals surface area contributed by atoms with Gasteiger partial charge in [0.2, 0.25) is 0 Å². The molecule has 7 N–H and O–H groups in total. The summed E-state index contributed by atoms with van der Waals surface area (Å²) in [5, 5.41) is 70.7. The van der Waals surface area contributed by atoms with Crippen LogP contribution in [-0.4, -0.2) is 142 Å². The molecule has 0 aliphatic carbocycles. The summed E-state index contributed by atoms with van der Waals surface area (Å²) < 4.78 is 32.2. The van der Waals surface area contributed by atoms with Crippen molar-refractivity contribution in [3.8, 4) is 0 Å². The van der Waals surface area contributed by atoms with Crippen molar-refractivity contribution in [2.24, 2.45) is 0 Å². The maximum atomic E-state index is 12.5. The van der Waals surface area contributed by atoms with Crippen molar-refractivity contribution in [2.75, 3.05) is 26.4 Å². The van der Waals surface area contributed by atoms with Gasteiger partial charge in [0.1, 0.15) is 55.4 Å². The predicted octanol–water partition coefficient (Wildman–Crippen LogP) is -0.313. The first-order chi connectivity index (χ1) is 23.0. The molecule has 2 saturated heterocycles. The number of esters is 2. The molecule has 11 atom stereocenters. The highest BCUT2D eigenvalue weighted by atomic mass is 16.7. The van der Waals surface area contributed by atoms with Crippen LogP contribution in [0.4, 0.5) is 0 Å². The maximum absolute atomic E-state index is 12.5. The maximum Gasteiger partial charge on any atom is 0.306 e.